The molecule has 0 bridgehead atoms. The Morgan fingerprint density at radius 1 is 0.862 bits per heavy atom. The number of carboxylic acids is 2. The van der Waals surface area contributed by atoms with Crippen molar-refractivity contribution in [2.75, 3.05) is 0 Å². The summed E-state index contributed by atoms with van der Waals surface area (Å²) >= 11 is 12.1. The molecule has 2 rings (SSSR count). The van der Waals surface area contributed by atoms with Crippen LogP contribution in [0.2, 0.25) is 10.0 Å². The van der Waals surface area contributed by atoms with Crippen molar-refractivity contribution in [1.82, 2.24) is 5.32 Å². The molecule has 1 unspecified atom stereocenters. The van der Waals surface area contributed by atoms with Crippen LogP contribution in [0.1, 0.15) is 37.0 Å². The molecule has 0 aliphatic rings. The number of hydrogen-bond acceptors (Lipinski definition) is 3. The fourth-order valence-corrected chi connectivity index (χ4v) is 3.72. The topological polar surface area (TPSA) is 86.6 Å². The van der Waals surface area contributed by atoms with Gasteiger partial charge < -0.3 is 10.2 Å². The van der Waals surface area contributed by atoms with Crippen LogP contribution in [0.15, 0.2) is 42.5 Å². The zero-order valence-corrected chi connectivity index (χ0v) is 17.9. The largest absolute Gasteiger partial charge is 0.480 e. The molecule has 0 aromatic heterocycles. The highest BCUT2D eigenvalue weighted by molar-refractivity contribution is 6.34. The minimum Gasteiger partial charge on any atom is -0.480 e. The maximum absolute atomic E-state index is 11.6. The monoisotopic (exact) mass is 437 g/mol. The van der Waals surface area contributed by atoms with E-state index in [4.69, 9.17) is 23.2 Å². The number of benzene rings is 2. The van der Waals surface area contributed by atoms with Crippen LogP contribution >= 0.6 is 23.2 Å². The molecule has 2 aromatic carbocycles. The summed E-state index contributed by atoms with van der Waals surface area (Å²) in [5, 5.41) is 22.8. The first-order valence-corrected chi connectivity index (χ1v) is 10.1. The first-order chi connectivity index (χ1) is 13.6. The first-order valence-electron chi connectivity index (χ1n) is 9.38. The van der Waals surface area contributed by atoms with E-state index in [1.54, 1.807) is 6.07 Å². The molecule has 0 fully saturated rings. The highest BCUT2D eigenvalue weighted by Crippen LogP contribution is 2.21. The molecule has 0 radical (unpaired) electrons. The van der Waals surface area contributed by atoms with E-state index in [1.165, 1.54) is 0 Å². The predicted molar refractivity (Wildman–Crippen MR) is 115 cm³/mol. The SMILES string of the molecule is CC(C)C[C@H](NC(Cc1ccc(Cc2cc(Cl)cc(Cl)c2)cc1)C(=O)O)C(=O)O. The van der Waals surface area contributed by atoms with Gasteiger partial charge in [0.25, 0.3) is 0 Å². The van der Waals surface area contributed by atoms with E-state index in [1.807, 2.05) is 50.2 Å². The van der Waals surface area contributed by atoms with Crippen LogP contribution in [0.5, 0.6) is 0 Å². The van der Waals surface area contributed by atoms with Gasteiger partial charge in [-0.15, -0.1) is 0 Å². The molecule has 3 N–H and O–H groups in total. The lowest BCUT2D eigenvalue weighted by Gasteiger charge is -2.22. The lowest BCUT2D eigenvalue weighted by molar-refractivity contribution is -0.142. The van der Waals surface area contributed by atoms with Gasteiger partial charge in [0, 0.05) is 10.0 Å². The minimum absolute atomic E-state index is 0.136. The van der Waals surface area contributed by atoms with E-state index in [2.05, 4.69) is 5.32 Å². The quantitative estimate of drug-likeness (QED) is 0.502. The Morgan fingerprint density at radius 2 is 1.38 bits per heavy atom. The van der Waals surface area contributed by atoms with Crippen molar-refractivity contribution in [3.8, 4) is 0 Å². The van der Waals surface area contributed by atoms with Crippen molar-refractivity contribution in [3.05, 3.63) is 69.2 Å². The molecule has 0 spiro atoms. The number of carbonyl (C=O) groups is 2. The summed E-state index contributed by atoms with van der Waals surface area (Å²) in [6.07, 6.45) is 1.21. The fourth-order valence-electron chi connectivity index (χ4n) is 3.15. The first kappa shape index (κ1) is 23.2. The summed E-state index contributed by atoms with van der Waals surface area (Å²) in [6, 6.07) is 11.1. The van der Waals surface area contributed by atoms with Gasteiger partial charge in [0.2, 0.25) is 0 Å². The van der Waals surface area contributed by atoms with Crippen molar-refractivity contribution >= 4 is 35.1 Å². The van der Waals surface area contributed by atoms with Crippen LogP contribution in [-0.2, 0) is 22.4 Å². The molecular weight excluding hydrogens is 413 g/mol. The molecule has 156 valence electrons. The second-order valence-corrected chi connectivity index (χ2v) is 8.43. The third-order valence-corrected chi connectivity index (χ3v) is 4.94. The number of nitrogens with one attached hydrogen (secondary N) is 1. The van der Waals surface area contributed by atoms with E-state index in [9.17, 15) is 19.8 Å². The van der Waals surface area contributed by atoms with Crippen LogP contribution in [0.3, 0.4) is 0 Å². The van der Waals surface area contributed by atoms with Crippen molar-refractivity contribution in [2.45, 2.75) is 45.2 Å². The molecule has 2 aromatic rings. The molecule has 5 nitrogen and oxygen atoms in total. The van der Waals surface area contributed by atoms with Gasteiger partial charge >= 0.3 is 11.9 Å². The van der Waals surface area contributed by atoms with Crippen LogP contribution in [0.25, 0.3) is 0 Å². The Bertz CT molecular complexity index is 832. The van der Waals surface area contributed by atoms with E-state index in [0.29, 0.717) is 22.9 Å². The van der Waals surface area contributed by atoms with E-state index in [0.717, 1.165) is 16.7 Å². The predicted octanol–water partition coefficient (Wildman–Crippen LogP) is 4.67. The molecule has 2 atom stereocenters. The normalized spacial score (nSPS) is 13.3. The highest BCUT2D eigenvalue weighted by atomic mass is 35.5. The molecule has 7 heteroatoms. The summed E-state index contributed by atoms with van der Waals surface area (Å²) in [5.74, 6) is -1.98. The smallest absolute Gasteiger partial charge is 0.321 e. The number of rotatable bonds is 10. The zero-order chi connectivity index (χ0) is 21.6. The fraction of sp³-hybridized carbons (Fsp3) is 0.364. The van der Waals surface area contributed by atoms with Crippen LogP contribution < -0.4 is 5.32 Å². The summed E-state index contributed by atoms with van der Waals surface area (Å²) < 4.78 is 0. The number of hydrogen-bond donors (Lipinski definition) is 3. The zero-order valence-electron chi connectivity index (χ0n) is 16.4. The number of carboxylic acid groups (broad SMARTS) is 2. The molecule has 0 heterocycles. The van der Waals surface area contributed by atoms with Crippen LogP contribution in [0, 0.1) is 5.92 Å². The van der Waals surface area contributed by atoms with Crippen molar-refractivity contribution in [1.29, 1.82) is 0 Å². The second-order valence-electron chi connectivity index (χ2n) is 7.55. The van der Waals surface area contributed by atoms with Crippen molar-refractivity contribution in [2.24, 2.45) is 5.92 Å². The third-order valence-electron chi connectivity index (χ3n) is 4.50. The van der Waals surface area contributed by atoms with Gasteiger partial charge in [0.1, 0.15) is 12.1 Å². The Morgan fingerprint density at radius 3 is 1.86 bits per heavy atom. The Hall–Kier alpha value is -2.08. The van der Waals surface area contributed by atoms with Crippen LogP contribution in [0.4, 0.5) is 0 Å². The lowest BCUT2D eigenvalue weighted by Crippen LogP contribution is -2.48. The maximum atomic E-state index is 11.6. The maximum Gasteiger partial charge on any atom is 0.321 e. The standard InChI is InChI=1S/C22H25Cl2NO4/c1-13(2)7-19(21(26)27)25-20(22(28)29)11-15-5-3-14(4-6-15)8-16-9-17(23)12-18(24)10-16/h3-6,9-10,12-13,19-20,25H,7-8,11H2,1-2H3,(H,26,27)(H,28,29)/t19-,20?/m0/s1. The van der Waals surface area contributed by atoms with Gasteiger partial charge in [0.15, 0.2) is 0 Å². The molecule has 0 amide bonds. The summed E-state index contributed by atoms with van der Waals surface area (Å²) in [5.41, 5.74) is 2.83. The Kier molecular flexibility index (Phi) is 8.50. The van der Waals surface area contributed by atoms with Gasteiger partial charge in [-0.3, -0.25) is 14.9 Å². The van der Waals surface area contributed by atoms with Gasteiger partial charge in [-0.25, -0.2) is 0 Å². The van der Waals surface area contributed by atoms with E-state index >= 15 is 0 Å². The van der Waals surface area contributed by atoms with Gasteiger partial charge in [-0.2, -0.15) is 0 Å². The third kappa shape index (κ3) is 7.69. The van der Waals surface area contributed by atoms with Gasteiger partial charge in [-0.1, -0.05) is 61.3 Å². The molecule has 29 heavy (non-hydrogen) atoms. The van der Waals surface area contributed by atoms with Crippen LogP contribution in [-0.4, -0.2) is 34.2 Å². The van der Waals surface area contributed by atoms with E-state index < -0.39 is 24.0 Å². The number of aliphatic carboxylic acids is 2. The second kappa shape index (κ2) is 10.6. The summed E-state index contributed by atoms with van der Waals surface area (Å²) in [6.45, 7) is 3.80. The number of halogens is 2. The Balaban J connectivity index is 2.06. The van der Waals surface area contributed by atoms with Gasteiger partial charge in [0.05, 0.1) is 0 Å². The van der Waals surface area contributed by atoms with Gasteiger partial charge in [-0.05, 0) is 60.1 Å². The van der Waals surface area contributed by atoms with Crippen molar-refractivity contribution in [3.63, 3.8) is 0 Å². The highest BCUT2D eigenvalue weighted by Gasteiger charge is 2.26. The lowest BCUT2D eigenvalue weighted by atomic mass is 9.99. The van der Waals surface area contributed by atoms with Crippen molar-refractivity contribution < 1.29 is 19.8 Å². The minimum atomic E-state index is -1.07. The molecule has 0 aliphatic heterocycles. The average molecular weight is 438 g/mol. The molecular formula is C22H25Cl2NO4. The molecule has 0 saturated heterocycles. The average Bonchev–Trinajstić information content (AvgIpc) is 2.60. The summed E-state index contributed by atoms with van der Waals surface area (Å²) in [4.78, 5) is 23.1. The van der Waals surface area contributed by atoms with E-state index in [-0.39, 0.29) is 12.3 Å². The Labute approximate surface area is 180 Å². The summed E-state index contributed by atoms with van der Waals surface area (Å²) in [7, 11) is 0. The molecule has 0 saturated carbocycles. The molecule has 0 aliphatic carbocycles.